The lowest BCUT2D eigenvalue weighted by molar-refractivity contribution is 0.0919. The van der Waals surface area contributed by atoms with E-state index in [9.17, 15) is 9.59 Å². The fraction of sp³-hybridized carbons (Fsp3) is 0.762. The van der Waals surface area contributed by atoms with Crippen LogP contribution in [0.25, 0.3) is 0 Å². The molecule has 28 heavy (non-hydrogen) atoms. The number of aromatic nitrogens is 1. The van der Waals surface area contributed by atoms with Gasteiger partial charge in [0.05, 0.1) is 11.2 Å². The van der Waals surface area contributed by atoms with Crippen LogP contribution in [0.5, 0.6) is 0 Å². The molecule has 4 rings (SSSR count). The van der Waals surface area contributed by atoms with Crippen molar-refractivity contribution in [1.82, 2.24) is 20.5 Å². The molecule has 1 aromatic rings. The smallest absolute Gasteiger partial charge is 0.317 e. The van der Waals surface area contributed by atoms with Crippen molar-refractivity contribution < 1.29 is 9.59 Å². The van der Waals surface area contributed by atoms with Gasteiger partial charge >= 0.3 is 6.03 Å². The van der Waals surface area contributed by atoms with Crippen molar-refractivity contribution in [2.75, 3.05) is 13.1 Å². The number of fused-ring (bicyclic) bond motifs is 1. The average molecular weight is 405 g/mol. The molecule has 3 atom stereocenters. The Hall–Kier alpha value is -1.63. The van der Waals surface area contributed by atoms with Gasteiger partial charge in [0, 0.05) is 25.2 Å². The van der Waals surface area contributed by atoms with E-state index in [-0.39, 0.29) is 18.0 Å². The Balaban J connectivity index is 1.21. The molecular formula is C21H32N4O2S. The third kappa shape index (κ3) is 4.50. The number of hydrogen-bond acceptors (Lipinski definition) is 4. The normalized spacial score (nSPS) is 28.5. The molecule has 3 amide bonds. The number of nitrogens with one attached hydrogen (secondary N) is 2. The molecule has 1 aromatic heterocycles. The highest BCUT2D eigenvalue weighted by Crippen LogP contribution is 2.40. The molecule has 2 aliphatic carbocycles. The van der Waals surface area contributed by atoms with E-state index in [2.05, 4.69) is 15.6 Å². The first kappa shape index (κ1) is 19.7. The van der Waals surface area contributed by atoms with Gasteiger partial charge in [-0.25, -0.2) is 9.78 Å². The minimum absolute atomic E-state index is 0.0351. The third-order valence-electron chi connectivity index (χ3n) is 6.94. The summed E-state index contributed by atoms with van der Waals surface area (Å²) in [5, 5.41) is 6.41. The predicted molar refractivity (Wildman–Crippen MR) is 111 cm³/mol. The van der Waals surface area contributed by atoms with E-state index >= 15 is 0 Å². The number of piperidine rings is 1. The molecule has 1 saturated heterocycles. The Morgan fingerprint density at radius 2 is 1.75 bits per heavy atom. The summed E-state index contributed by atoms with van der Waals surface area (Å²) in [7, 11) is 0. The first-order valence-electron chi connectivity index (χ1n) is 10.9. The van der Waals surface area contributed by atoms with E-state index in [1.807, 2.05) is 11.8 Å². The molecule has 2 saturated carbocycles. The summed E-state index contributed by atoms with van der Waals surface area (Å²) in [5.74, 6) is 1.69. The standard InChI is InChI=1S/C21H32N4O2S/c1-14-19(28-13-22-14)20(26)23-17-8-10-25(11-9-17)21(27)24-18-7-6-15-4-2-3-5-16(15)12-18/h13,15-18H,2-12H2,1H3,(H,23,26)(H,24,27)/t15-,16+,18-/m1/s1. The fourth-order valence-electron chi connectivity index (χ4n) is 5.27. The Morgan fingerprint density at radius 1 is 1.00 bits per heavy atom. The van der Waals surface area contributed by atoms with Gasteiger partial charge in [-0.05, 0) is 50.9 Å². The summed E-state index contributed by atoms with van der Waals surface area (Å²) in [4.78, 5) is 31.8. The molecule has 0 radical (unpaired) electrons. The second kappa shape index (κ2) is 8.80. The number of hydrogen-bond donors (Lipinski definition) is 2. The minimum Gasteiger partial charge on any atom is -0.348 e. The minimum atomic E-state index is -0.0351. The van der Waals surface area contributed by atoms with Gasteiger partial charge in [0.25, 0.3) is 5.91 Å². The molecule has 3 aliphatic rings. The number of aryl methyl sites for hydroxylation is 1. The van der Waals surface area contributed by atoms with Gasteiger partial charge in [0.2, 0.25) is 0 Å². The van der Waals surface area contributed by atoms with E-state index in [1.54, 1.807) is 5.51 Å². The Morgan fingerprint density at radius 3 is 2.46 bits per heavy atom. The number of nitrogens with zero attached hydrogens (tertiary/aromatic N) is 2. The highest BCUT2D eigenvalue weighted by atomic mass is 32.1. The molecule has 1 aliphatic heterocycles. The molecule has 6 nitrogen and oxygen atoms in total. The molecule has 0 spiro atoms. The molecule has 2 heterocycles. The number of carbonyl (C=O) groups excluding carboxylic acids is 2. The van der Waals surface area contributed by atoms with Crippen LogP contribution in [0.3, 0.4) is 0 Å². The zero-order valence-corrected chi connectivity index (χ0v) is 17.6. The van der Waals surface area contributed by atoms with Crippen LogP contribution in [0.15, 0.2) is 5.51 Å². The third-order valence-corrected chi connectivity index (χ3v) is 7.86. The maximum atomic E-state index is 12.7. The summed E-state index contributed by atoms with van der Waals surface area (Å²) in [6.45, 7) is 3.27. The largest absolute Gasteiger partial charge is 0.348 e. The number of amides is 3. The van der Waals surface area contributed by atoms with Gasteiger partial charge in [-0.3, -0.25) is 4.79 Å². The van der Waals surface area contributed by atoms with Crippen molar-refractivity contribution in [3.63, 3.8) is 0 Å². The highest BCUT2D eigenvalue weighted by Gasteiger charge is 2.33. The van der Waals surface area contributed by atoms with Crippen LogP contribution in [-0.4, -0.2) is 47.0 Å². The quantitative estimate of drug-likeness (QED) is 0.806. The molecule has 7 heteroatoms. The number of urea groups is 1. The lowest BCUT2D eigenvalue weighted by Gasteiger charge is -2.40. The molecule has 0 bridgehead atoms. The SMILES string of the molecule is Cc1ncsc1C(=O)NC1CCN(C(=O)N[C@@H]2CC[C@H]3CCCC[C@H]3C2)CC1. The van der Waals surface area contributed by atoms with Gasteiger partial charge in [-0.15, -0.1) is 11.3 Å². The number of carbonyl (C=O) groups is 2. The number of likely N-dealkylation sites (tertiary alicyclic amines) is 1. The zero-order valence-electron chi connectivity index (χ0n) is 16.8. The highest BCUT2D eigenvalue weighted by molar-refractivity contribution is 7.11. The van der Waals surface area contributed by atoms with Gasteiger partial charge in [-0.2, -0.15) is 0 Å². The first-order chi connectivity index (χ1) is 13.6. The van der Waals surface area contributed by atoms with Crippen molar-refractivity contribution >= 4 is 23.3 Å². The van der Waals surface area contributed by atoms with E-state index in [0.717, 1.165) is 43.2 Å². The van der Waals surface area contributed by atoms with Crippen molar-refractivity contribution in [3.05, 3.63) is 16.1 Å². The van der Waals surface area contributed by atoms with Crippen molar-refractivity contribution in [1.29, 1.82) is 0 Å². The Bertz CT molecular complexity index is 698. The first-order valence-corrected chi connectivity index (χ1v) is 11.7. The van der Waals surface area contributed by atoms with Gasteiger partial charge < -0.3 is 15.5 Å². The van der Waals surface area contributed by atoms with Crippen LogP contribution >= 0.6 is 11.3 Å². The maximum Gasteiger partial charge on any atom is 0.317 e. The zero-order chi connectivity index (χ0) is 19.5. The van der Waals surface area contributed by atoms with Crippen LogP contribution in [0.1, 0.15) is 73.2 Å². The average Bonchev–Trinajstić information content (AvgIpc) is 3.14. The molecule has 2 N–H and O–H groups in total. The molecule has 0 unspecified atom stereocenters. The summed E-state index contributed by atoms with van der Waals surface area (Å²) in [6.07, 6.45) is 10.7. The monoisotopic (exact) mass is 404 g/mol. The second-order valence-electron chi connectivity index (χ2n) is 8.77. The van der Waals surface area contributed by atoms with E-state index in [0.29, 0.717) is 24.0 Å². The van der Waals surface area contributed by atoms with Crippen molar-refractivity contribution in [2.24, 2.45) is 11.8 Å². The number of rotatable bonds is 3. The summed E-state index contributed by atoms with van der Waals surface area (Å²) in [6, 6.07) is 0.566. The summed E-state index contributed by atoms with van der Waals surface area (Å²) in [5.41, 5.74) is 2.49. The van der Waals surface area contributed by atoms with Crippen molar-refractivity contribution in [3.8, 4) is 0 Å². The second-order valence-corrected chi connectivity index (χ2v) is 9.62. The van der Waals surface area contributed by atoms with Crippen LogP contribution in [0, 0.1) is 18.8 Å². The predicted octanol–water partition coefficient (Wildman–Crippen LogP) is 3.71. The van der Waals surface area contributed by atoms with E-state index in [4.69, 9.17) is 0 Å². The van der Waals surface area contributed by atoms with Crippen molar-refractivity contribution in [2.45, 2.75) is 76.8 Å². The Kier molecular flexibility index (Phi) is 6.19. The van der Waals surface area contributed by atoms with E-state index in [1.165, 1.54) is 43.4 Å². The van der Waals surface area contributed by atoms with E-state index < -0.39 is 0 Å². The lowest BCUT2D eigenvalue weighted by atomic mass is 9.69. The molecule has 3 fully saturated rings. The topological polar surface area (TPSA) is 74.3 Å². The summed E-state index contributed by atoms with van der Waals surface area (Å²) >= 11 is 1.38. The number of thiazole rings is 1. The lowest BCUT2D eigenvalue weighted by Crippen LogP contribution is -2.52. The molecular weight excluding hydrogens is 372 g/mol. The maximum absolute atomic E-state index is 12.7. The van der Waals surface area contributed by atoms with Gasteiger partial charge in [0.15, 0.2) is 0 Å². The van der Waals surface area contributed by atoms with Crippen LogP contribution in [-0.2, 0) is 0 Å². The van der Waals surface area contributed by atoms with Crippen LogP contribution < -0.4 is 10.6 Å². The molecule has 154 valence electrons. The summed E-state index contributed by atoms with van der Waals surface area (Å²) < 4.78 is 0. The fourth-order valence-corrected chi connectivity index (χ4v) is 5.97. The van der Waals surface area contributed by atoms with Crippen LogP contribution in [0.4, 0.5) is 4.79 Å². The van der Waals surface area contributed by atoms with Gasteiger partial charge in [0.1, 0.15) is 4.88 Å². The van der Waals surface area contributed by atoms with Crippen LogP contribution in [0.2, 0.25) is 0 Å². The Labute approximate surface area is 171 Å². The molecule has 0 aromatic carbocycles. The van der Waals surface area contributed by atoms with Gasteiger partial charge in [-0.1, -0.05) is 25.7 Å².